The third-order valence-corrected chi connectivity index (χ3v) is 13.4. The Labute approximate surface area is 394 Å². The van der Waals surface area contributed by atoms with Crippen LogP contribution in [0.3, 0.4) is 0 Å². The van der Waals surface area contributed by atoms with Crippen LogP contribution in [0.2, 0.25) is 0 Å². The fourth-order valence-corrected chi connectivity index (χ4v) is 9.80. The van der Waals surface area contributed by atoms with Crippen LogP contribution in [0.1, 0.15) is 61.8 Å². The molecule has 0 saturated carbocycles. The molecule has 11 aromatic rings. The fraction of sp³-hybridized carbons (Fsp3) is 0.125. The number of aryl methyl sites for hydroxylation is 2. The van der Waals surface area contributed by atoms with Gasteiger partial charge in [-0.05, 0) is 167 Å². The van der Waals surface area contributed by atoms with Gasteiger partial charge in [-0.1, -0.05) is 148 Å². The molecule has 0 aliphatic rings. The molecule has 1 aromatic heterocycles. The van der Waals surface area contributed by atoms with E-state index in [2.05, 4.69) is 258 Å². The highest BCUT2D eigenvalue weighted by Gasteiger charge is 2.22. The molecular weight excluding hydrogens is 813 g/mol. The molecule has 0 atom stereocenters. The van der Waals surface area contributed by atoms with Crippen LogP contribution in [0.4, 0.5) is 34.1 Å². The van der Waals surface area contributed by atoms with Gasteiger partial charge in [-0.2, -0.15) is 0 Å². The lowest BCUT2D eigenvalue weighted by atomic mass is 9.97. The van der Waals surface area contributed by atoms with Gasteiger partial charge >= 0.3 is 0 Å². The molecule has 3 nitrogen and oxygen atoms in total. The fourth-order valence-electron chi connectivity index (χ4n) is 9.80. The minimum Gasteiger partial charge on any atom is -0.456 e. The van der Waals surface area contributed by atoms with Crippen LogP contribution in [0.15, 0.2) is 211 Å². The first kappa shape index (κ1) is 41.8. The Bertz CT molecular complexity index is 3380. The summed E-state index contributed by atoms with van der Waals surface area (Å²) in [4.78, 5) is 4.84. The molecule has 0 unspecified atom stereocenters. The molecule has 0 spiro atoms. The zero-order valence-corrected chi connectivity index (χ0v) is 39.1. The normalized spacial score (nSPS) is 11.7. The summed E-state index contributed by atoms with van der Waals surface area (Å²) in [5.74, 6) is 0.798. The van der Waals surface area contributed by atoms with Crippen LogP contribution >= 0.6 is 0 Å². The lowest BCUT2D eigenvalue weighted by Crippen LogP contribution is -2.12. The van der Waals surface area contributed by atoms with Crippen molar-refractivity contribution >= 4 is 77.6 Å². The maximum Gasteiger partial charge on any atom is 0.136 e. The maximum atomic E-state index is 6.85. The summed E-state index contributed by atoms with van der Waals surface area (Å²) in [6, 6.07) is 75.8. The summed E-state index contributed by atoms with van der Waals surface area (Å²) >= 11 is 0. The quantitative estimate of drug-likeness (QED) is 0.137. The molecule has 0 fully saturated rings. The van der Waals surface area contributed by atoms with E-state index in [0.717, 1.165) is 66.8 Å². The molecule has 0 N–H and O–H groups in total. The van der Waals surface area contributed by atoms with E-state index in [1.54, 1.807) is 0 Å². The van der Waals surface area contributed by atoms with Crippen molar-refractivity contribution < 1.29 is 4.42 Å². The third kappa shape index (κ3) is 7.91. The maximum absolute atomic E-state index is 6.85. The number of hydrogen-bond donors (Lipinski definition) is 0. The van der Waals surface area contributed by atoms with E-state index in [4.69, 9.17) is 4.42 Å². The third-order valence-electron chi connectivity index (χ3n) is 13.4. The molecule has 0 aliphatic heterocycles. The van der Waals surface area contributed by atoms with Gasteiger partial charge in [-0.15, -0.1) is 0 Å². The predicted molar refractivity (Wildman–Crippen MR) is 287 cm³/mol. The predicted octanol–water partition coefficient (Wildman–Crippen LogP) is 19.0. The van der Waals surface area contributed by atoms with Gasteiger partial charge in [0, 0.05) is 44.6 Å². The first-order valence-electron chi connectivity index (χ1n) is 23.6. The van der Waals surface area contributed by atoms with Gasteiger partial charge < -0.3 is 14.2 Å². The second-order valence-electron chi connectivity index (χ2n) is 18.8. The standard InChI is InChI=1S/C64H54N2O/c1-41(2)47-19-13-21-53(33-47)65(61-29-23-43(5)31-57(61)45-15-9-7-10-16-45)55-27-25-49-37-59-60-38-50-26-28-56(36-52(50)40-64(60)67-63(59)39-51(49)35-55)66(54-22-14-20-48(34-54)42(3)4)62-30-24-44(6)32-58(62)46-17-11-8-12-18-46/h7-42H,1-6H3. The number of nitrogens with zero attached hydrogens (tertiary/aromatic N) is 2. The van der Waals surface area contributed by atoms with Gasteiger partial charge in [-0.25, -0.2) is 0 Å². The van der Waals surface area contributed by atoms with Gasteiger partial charge in [0.1, 0.15) is 11.2 Å². The molecule has 10 aromatic carbocycles. The summed E-state index contributed by atoms with van der Waals surface area (Å²) in [6.45, 7) is 13.4. The highest BCUT2D eigenvalue weighted by Crippen LogP contribution is 2.46. The smallest absolute Gasteiger partial charge is 0.136 e. The van der Waals surface area contributed by atoms with Crippen molar-refractivity contribution in [3.8, 4) is 22.3 Å². The number of hydrogen-bond acceptors (Lipinski definition) is 3. The van der Waals surface area contributed by atoms with E-state index >= 15 is 0 Å². The Kier molecular flexibility index (Phi) is 10.7. The minimum atomic E-state index is 0.399. The summed E-state index contributed by atoms with van der Waals surface area (Å²) in [5, 5.41) is 6.83. The van der Waals surface area contributed by atoms with Crippen molar-refractivity contribution in [3.63, 3.8) is 0 Å². The molecule has 0 radical (unpaired) electrons. The Balaban J connectivity index is 1.04. The van der Waals surface area contributed by atoms with Crippen molar-refractivity contribution in [1.82, 2.24) is 0 Å². The highest BCUT2D eigenvalue weighted by molar-refractivity contribution is 6.14. The van der Waals surface area contributed by atoms with Gasteiger partial charge in [0.2, 0.25) is 0 Å². The summed E-state index contributed by atoms with van der Waals surface area (Å²) in [7, 11) is 0. The Morgan fingerprint density at radius 2 is 0.761 bits per heavy atom. The second kappa shape index (κ2) is 17.2. The van der Waals surface area contributed by atoms with E-state index in [0.29, 0.717) is 11.8 Å². The van der Waals surface area contributed by atoms with Gasteiger partial charge in [-0.3, -0.25) is 0 Å². The number of anilines is 6. The summed E-state index contributed by atoms with van der Waals surface area (Å²) in [5.41, 5.74) is 18.3. The van der Waals surface area contributed by atoms with Crippen LogP contribution in [0.5, 0.6) is 0 Å². The van der Waals surface area contributed by atoms with Crippen LogP contribution in [-0.4, -0.2) is 0 Å². The Hall–Kier alpha value is -7.88. The van der Waals surface area contributed by atoms with Crippen molar-refractivity contribution in [2.45, 2.75) is 53.4 Å². The lowest BCUT2D eigenvalue weighted by molar-refractivity contribution is 0.670. The zero-order chi connectivity index (χ0) is 45.8. The molecule has 0 aliphatic carbocycles. The second-order valence-corrected chi connectivity index (χ2v) is 18.8. The average Bonchev–Trinajstić information content (AvgIpc) is 3.69. The first-order chi connectivity index (χ1) is 32.6. The van der Waals surface area contributed by atoms with Crippen LogP contribution in [0.25, 0.3) is 65.7 Å². The molecule has 0 saturated heterocycles. The molecule has 0 amide bonds. The van der Waals surface area contributed by atoms with E-state index in [1.807, 2.05) is 0 Å². The topological polar surface area (TPSA) is 19.6 Å². The zero-order valence-electron chi connectivity index (χ0n) is 39.1. The van der Waals surface area contributed by atoms with Crippen LogP contribution in [0, 0.1) is 13.8 Å². The molecular formula is C64H54N2O. The van der Waals surface area contributed by atoms with Crippen molar-refractivity contribution in [1.29, 1.82) is 0 Å². The van der Waals surface area contributed by atoms with E-state index < -0.39 is 0 Å². The van der Waals surface area contributed by atoms with Gasteiger partial charge in [0.25, 0.3) is 0 Å². The van der Waals surface area contributed by atoms with Crippen LogP contribution in [-0.2, 0) is 0 Å². The number of fused-ring (bicyclic) bond motifs is 5. The van der Waals surface area contributed by atoms with Gasteiger partial charge in [0.05, 0.1) is 11.4 Å². The van der Waals surface area contributed by atoms with Crippen molar-refractivity contribution in [2.24, 2.45) is 0 Å². The minimum absolute atomic E-state index is 0.399. The van der Waals surface area contributed by atoms with Crippen LogP contribution < -0.4 is 9.80 Å². The lowest BCUT2D eigenvalue weighted by Gasteiger charge is -2.29. The number of furan rings is 1. The van der Waals surface area contributed by atoms with E-state index in [9.17, 15) is 0 Å². The SMILES string of the molecule is Cc1ccc(N(c2cccc(C(C)C)c2)c2ccc3cc4c(cc3c2)oc2cc3cc(N(c5cccc(C(C)C)c5)c5ccc(C)cc5-c5ccccc5)ccc3cc24)c(-c2ccccc2)c1. The molecule has 0 bridgehead atoms. The van der Waals surface area contributed by atoms with Crippen molar-refractivity contribution in [2.75, 3.05) is 9.80 Å². The number of rotatable bonds is 10. The van der Waals surface area contributed by atoms with Gasteiger partial charge in [0.15, 0.2) is 0 Å². The first-order valence-corrected chi connectivity index (χ1v) is 23.6. The number of benzene rings is 10. The highest BCUT2D eigenvalue weighted by atomic mass is 16.3. The average molecular weight is 867 g/mol. The largest absolute Gasteiger partial charge is 0.456 e. The van der Waals surface area contributed by atoms with E-state index in [1.165, 1.54) is 55.3 Å². The molecule has 11 rings (SSSR count). The molecule has 3 heteroatoms. The monoisotopic (exact) mass is 866 g/mol. The molecule has 67 heavy (non-hydrogen) atoms. The molecule has 326 valence electrons. The molecule has 1 heterocycles. The Morgan fingerprint density at radius 3 is 1.18 bits per heavy atom. The summed E-state index contributed by atoms with van der Waals surface area (Å²) in [6.07, 6.45) is 0. The Morgan fingerprint density at radius 1 is 0.343 bits per heavy atom. The van der Waals surface area contributed by atoms with Crippen molar-refractivity contribution in [3.05, 3.63) is 229 Å². The summed E-state index contributed by atoms with van der Waals surface area (Å²) < 4.78 is 6.85. The van der Waals surface area contributed by atoms with E-state index in [-0.39, 0.29) is 0 Å².